The smallest absolute Gasteiger partial charge is 0.331 e. The molecule has 3 atom stereocenters. The number of fused-ring (bicyclic) bond motifs is 1. The Morgan fingerprint density at radius 2 is 1.78 bits per heavy atom. The molecule has 0 saturated carbocycles. The number of amides is 2. The van der Waals surface area contributed by atoms with Gasteiger partial charge in [-0.25, -0.2) is 4.79 Å². The molecule has 2 amide bonds. The van der Waals surface area contributed by atoms with Crippen LogP contribution in [0.2, 0.25) is 0 Å². The fraction of sp³-hybridized carbons (Fsp3) is 0.536. The largest absolute Gasteiger partial charge is 0.478 e. The number of nitrogens with one attached hydrogen (secondary N) is 2. The number of aryl methyl sites for hydroxylation is 1. The quantitative estimate of drug-likeness (QED) is 0.436. The average Bonchev–Trinajstić information content (AvgIpc) is 3.12. The number of aliphatic carboxylic acids is 1. The molecule has 1 aromatic heterocycles. The van der Waals surface area contributed by atoms with Crippen LogP contribution in [-0.4, -0.2) is 64.6 Å². The summed E-state index contributed by atoms with van der Waals surface area (Å²) in [6.45, 7) is 11.1. The predicted molar refractivity (Wildman–Crippen MR) is 144 cm³/mol. The van der Waals surface area contributed by atoms with Crippen LogP contribution in [0.3, 0.4) is 0 Å². The van der Waals surface area contributed by atoms with Gasteiger partial charge in [-0.3, -0.25) is 9.59 Å². The lowest BCUT2D eigenvalue weighted by molar-refractivity contribution is -0.140. The number of likely N-dealkylation sites (N-methyl/N-ethyl adjacent to an activating group) is 2. The van der Waals surface area contributed by atoms with Crippen LogP contribution in [-0.2, 0) is 27.9 Å². The molecule has 36 heavy (non-hydrogen) atoms. The highest BCUT2D eigenvalue weighted by Crippen LogP contribution is 2.25. The van der Waals surface area contributed by atoms with E-state index in [1.54, 1.807) is 25.1 Å². The highest BCUT2D eigenvalue weighted by molar-refractivity contribution is 5.92. The van der Waals surface area contributed by atoms with Crippen molar-refractivity contribution in [3.63, 3.8) is 0 Å². The summed E-state index contributed by atoms with van der Waals surface area (Å²) in [5.41, 5.74) is 1.75. The van der Waals surface area contributed by atoms with Crippen molar-refractivity contribution in [2.24, 2.45) is 18.4 Å². The summed E-state index contributed by atoms with van der Waals surface area (Å²) < 4.78 is 2.05. The molecule has 8 heteroatoms. The van der Waals surface area contributed by atoms with E-state index in [1.165, 1.54) is 6.92 Å². The normalized spacial score (nSPS) is 15.0. The molecule has 0 aliphatic rings. The number of hydrogen-bond acceptors (Lipinski definition) is 4. The first-order valence-corrected chi connectivity index (χ1v) is 12.4. The highest BCUT2D eigenvalue weighted by Gasteiger charge is 2.38. The number of carbonyl (C=O) groups is 3. The Kier molecular flexibility index (Phi) is 9.49. The van der Waals surface area contributed by atoms with Crippen LogP contribution in [0.4, 0.5) is 0 Å². The zero-order valence-corrected chi connectivity index (χ0v) is 23.0. The molecule has 0 aliphatic heterocycles. The fourth-order valence-electron chi connectivity index (χ4n) is 4.45. The van der Waals surface area contributed by atoms with Crippen molar-refractivity contribution in [3.05, 3.63) is 47.7 Å². The molecule has 0 bridgehead atoms. The lowest BCUT2D eigenvalue weighted by Gasteiger charge is -2.38. The number of rotatable bonds is 10. The Morgan fingerprint density at radius 1 is 1.17 bits per heavy atom. The Balaban J connectivity index is 2.30. The van der Waals surface area contributed by atoms with E-state index in [1.807, 2.05) is 76.7 Å². The van der Waals surface area contributed by atoms with Gasteiger partial charge in [0.15, 0.2) is 0 Å². The van der Waals surface area contributed by atoms with Crippen molar-refractivity contribution in [3.8, 4) is 0 Å². The minimum absolute atomic E-state index is 0.0130. The molecule has 8 nitrogen and oxygen atoms in total. The van der Waals surface area contributed by atoms with Crippen molar-refractivity contribution in [2.45, 2.75) is 66.1 Å². The number of hydrogen-bond donors (Lipinski definition) is 3. The maximum Gasteiger partial charge on any atom is 0.331 e. The fourth-order valence-corrected chi connectivity index (χ4v) is 4.45. The third-order valence-electron chi connectivity index (χ3n) is 6.70. The number of aromatic nitrogens is 1. The van der Waals surface area contributed by atoms with Crippen molar-refractivity contribution < 1.29 is 19.5 Å². The van der Waals surface area contributed by atoms with Crippen molar-refractivity contribution in [2.75, 3.05) is 14.1 Å². The predicted octanol–water partition coefficient (Wildman–Crippen LogP) is 3.35. The molecule has 3 N–H and O–H groups in total. The first kappa shape index (κ1) is 29.1. The molecule has 0 spiro atoms. The Bertz CT molecular complexity index is 1130. The van der Waals surface area contributed by atoms with E-state index in [4.69, 9.17) is 0 Å². The Morgan fingerprint density at radius 3 is 2.31 bits per heavy atom. The van der Waals surface area contributed by atoms with E-state index in [0.29, 0.717) is 6.42 Å². The number of nitrogens with zero attached hydrogens (tertiary/aromatic N) is 2. The maximum absolute atomic E-state index is 13.7. The summed E-state index contributed by atoms with van der Waals surface area (Å²) in [6, 6.07) is 6.31. The topological polar surface area (TPSA) is 104 Å². The first-order valence-electron chi connectivity index (χ1n) is 12.4. The number of para-hydroxylation sites is 1. The van der Waals surface area contributed by atoms with Gasteiger partial charge in [0, 0.05) is 36.8 Å². The van der Waals surface area contributed by atoms with Gasteiger partial charge in [-0.2, -0.15) is 0 Å². The van der Waals surface area contributed by atoms with Crippen LogP contribution in [0.25, 0.3) is 10.9 Å². The number of benzene rings is 1. The number of carboxylic acid groups (broad SMARTS) is 1. The molecule has 0 saturated heterocycles. The summed E-state index contributed by atoms with van der Waals surface area (Å²) in [5, 5.41) is 16.5. The minimum Gasteiger partial charge on any atom is -0.478 e. The standard InChI is InChI=1S/C28H42N4O4/c1-17(2)23(14-18(3)27(35)36)32(9)26(34)24(28(4,5)6)30-25(33)21(29-7)15-19-16-31(8)22-13-11-10-12-20(19)22/h10-14,16-17,21,23-24,29H,15H2,1-9H3,(H,30,33)(H,35,36)/b18-14+/t21?,23-,24-/m1/s1. The minimum atomic E-state index is -1.02. The summed E-state index contributed by atoms with van der Waals surface area (Å²) in [5.74, 6) is -1.55. The Labute approximate surface area is 214 Å². The van der Waals surface area contributed by atoms with Crippen LogP contribution in [0.5, 0.6) is 0 Å². The third kappa shape index (κ3) is 6.75. The monoisotopic (exact) mass is 498 g/mol. The second kappa shape index (κ2) is 11.7. The molecule has 1 unspecified atom stereocenters. The van der Waals surface area contributed by atoms with E-state index in [0.717, 1.165) is 16.5 Å². The van der Waals surface area contributed by atoms with Gasteiger partial charge in [-0.15, -0.1) is 0 Å². The molecule has 2 rings (SSSR count). The summed E-state index contributed by atoms with van der Waals surface area (Å²) in [7, 11) is 5.38. The zero-order valence-electron chi connectivity index (χ0n) is 23.0. The lowest BCUT2D eigenvalue weighted by atomic mass is 9.84. The molecule has 0 aliphatic carbocycles. The van der Waals surface area contributed by atoms with Gasteiger partial charge in [-0.05, 0) is 43.4 Å². The van der Waals surface area contributed by atoms with Gasteiger partial charge in [-0.1, -0.05) is 58.9 Å². The van der Waals surface area contributed by atoms with E-state index >= 15 is 0 Å². The van der Waals surface area contributed by atoms with Crippen LogP contribution < -0.4 is 10.6 Å². The highest BCUT2D eigenvalue weighted by atomic mass is 16.4. The summed E-state index contributed by atoms with van der Waals surface area (Å²) in [4.78, 5) is 40.1. The van der Waals surface area contributed by atoms with Crippen molar-refractivity contribution in [1.29, 1.82) is 0 Å². The second-order valence-corrected chi connectivity index (χ2v) is 11.0. The molecule has 1 heterocycles. The summed E-state index contributed by atoms with van der Waals surface area (Å²) in [6.07, 6.45) is 4.11. The number of carbonyl (C=O) groups excluding carboxylic acids is 2. The molecule has 1 aromatic carbocycles. The summed E-state index contributed by atoms with van der Waals surface area (Å²) >= 11 is 0. The van der Waals surface area contributed by atoms with Gasteiger partial charge in [0.05, 0.1) is 12.1 Å². The molecule has 2 aromatic rings. The molecule has 198 valence electrons. The van der Waals surface area contributed by atoms with E-state index in [-0.39, 0.29) is 23.3 Å². The maximum atomic E-state index is 13.7. The van der Waals surface area contributed by atoms with Gasteiger partial charge < -0.3 is 25.2 Å². The van der Waals surface area contributed by atoms with Crippen molar-refractivity contribution >= 4 is 28.7 Å². The second-order valence-electron chi connectivity index (χ2n) is 11.0. The van der Waals surface area contributed by atoms with Crippen LogP contribution in [0.15, 0.2) is 42.1 Å². The molecule has 0 radical (unpaired) electrons. The average molecular weight is 499 g/mol. The molecule has 0 fully saturated rings. The Hall–Kier alpha value is -3.13. The van der Waals surface area contributed by atoms with Crippen LogP contribution in [0.1, 0.15) is 47.1 Å². The van der Waals surface area contributed by atoms with Gasteiger partial charge >= 0.3 is 5.97 Å². The van der Waals surface area contributed by atoms with Gasteiger partial charge in [0.2, 0.25) is 11.8 Å². The van der Waals surface area contributed by atoms with E-state index in [2.05, 4.69) is 10.6 Å². The molecular weight excluding hydrogens is 456 g/mol. The zero-order chi connectivity index (χ0) is 27.4. The van der Waals surface area contributed by atoms with E-state index < -0.39 is 29.5 Å². The lowest BCUT2D eigenvalue weighted by Crippen LogP contribution is -2.59. The van der Waals surface area contributed by atoms with Gasteiger partial charge in [0.25, 0.3) is 0 Å². The van der Waals surface area contributed by atoms with E-state index in [9.17, 15) is 19.5 Å². The van der Waals surface area contributed by atoms with Gasteiger partial charge in [0.1, 0.15) is 6.04 Å². The van der Waals surface area contributed by atoms with Crippen LogP contribution >= 0.6 is 0 Å². The third-order valence-corrected chi connectivity index (χ3v) is 6.70. The SMILES string of the molecule is CNC(Cc1cn(C)c2ccccc12)C(=O)N[C@H](C(=O)N(C)[C@H](/C=C(\C)C(=O)O)C(C)C)C(C)(C)C. The van der Waals surface area contributed by atoms with Crippen molar-refractivity contribution in [1.82, 2.24) is 20.1 Å². The molecular formula is C28H42N4O4. The first-order chi connectivity index (χ1) is 16.7. The number of carboxylic acids is 1. The van der Waals surface area contributed by atoms with Crippen LogP contribution in [0, 0.1) is 11.3 Å².